The van der Waals surface area contributed by atoms with E-state index in [2.05, 4.69) is 5.32 Å². The van der Waals surface area contributed by atoms with Crippen molar-refractivity contribution in [2.24, 2.45) is 11.8 Å². The molecule has 2 saturated heterocycles. The van der Waals surface area contributed by atoms with E-state index in [1.165, 1.54) is 12.5 Å². The maximum atomic E-state index is 12.2. The van der Waals surface area contributed by atoms with E-state index < -0.39 is 0 Å². The number of hydrogen-bond donors (Lipinski definition) is 1. The van der Waals surface area contributed by atoms with Crippen LogP contribution in [0, 0.1) is 11.8 Å². The Labute approximate surface area is 118 Å². The van der Waals surface area contributed by atoms with Crippen LogP contribution < -0.4 is 5.32 Å². The van der Waals surface area contributed by atoms with Gasteiger partial charge in [-0.2, -0.15) is 0 Å². The summed E-state index contributed by atoms with van der Waals surface area (Å²) in [5.74, 6) is 0.921. The van der Waals surface area contributed by atoms with Crippen molar-refractivity contribution >= 4 is 5.91 Å². The lowest BCUT2D eigenvalue weighted by Crippen LogP contribution is -2.49. The van der Waals surface area contributed by atoms with Crippen LogP contribution in [0.15, 0.2) is 23.0 Å². The fourth-order valence-corrected chi connectivity index (χ4v) is 3.19. The zero-order valence-electron chi connectivity index (χ0n) is 11.5. The van der Waals surface area contributed by atoms with Crippen molar-refractivity contribution < 1.29 is 18.7 Å². The molecule has 0 saturated carbocycles. The van der Waals surface area contributed by atoms with Gasteiger partial charge in [-0.05, 0) is 31.2 Å². The molecule has 110 valence electrons. The molecular formula is C15H21NO4. The van der Waals surface area contributed by atoms with Crippen molar-refractivity contribution in [2.45, 2.75) is 25.3 Å². The van der Waals surface area contributed by atoms with Crippen LogP contribution in [-0.2, 0) is 9.47 Å². The summed E-state index contributed by atoms with van der Waals surface area (Å²) in [6.07, 6.45) is 6.01. The smallest absolute Gasteiger partial charge is 0.254 e. The van der Waals surface area contributed by atoms with Crippen LogP contribution >= 0.6 is 0 Å². The Morgan fingerprint density at radius 1 is 1.15 bits per heavy atom. The van der Waals surface area contributed by atoms with Crippen molar-refractivity contribution in [3.8, 4) is 0 Å². The topological polar surface area (TPSA) is 60.7 Å². The molecule has 2 fully saturated rings. The lowest BCUT2D eigenvalue weighted by molar-refractivity contribution is -0.0259. The summed E-state index contributed by atoms with van der Waals surface area (Å²) in [5.41, 5.74) is 0.585. The largest absolute Gasteiger partial charge is 0.472 e. The Morgan fingerprint density at radius 3 is 2.70 bits per heavy atom. The first-order valence-corrected chi connectivity index (χ1v) is 7.33. The highest BCUT2D eigenvalue weighted by Gasteiger charge is 2.34. The number of nitrogens with one attached hydrogen (secondary N) is 1. The normalized spacial score (nSPS) is 28.2. The molecule has 0 aliphatic carbocycles. The third-order valence-corrected chi connectivity index (χ3v) is 4.37. The minimum atomic E-state index is -0.0530. The summed E-state index contributed by atoms with van der Waals surface area (Å²) < 4.78 is 16.0. The van der Waals surface area contributed by atoms with E-state index in [4.69, 9.17) is 13.9 Å². The van der Waals surface area contributed by atoms with E-state index in [0.29, 0.717) is 17.4 Å². The highest BCUT2D eigenvalue weighted by Crippen LogP contribution is 2.30. The van der Waals surface area contributed by atoms with E-state index in [-0.39, 0.29) is 11.9 Å². The molecule has 5 nitrogen and oxygen atoms in total. The lowest BCUT2D eigenvalue weighted by atomic mass is 9.79. The van der Waals surface area contributed by atoms with Gasteiger partial charge in [-0.15, -0.1) is 0 Å². The van der Waals surface area contributed by atoms with Crippen molar-refractivity contribution in [1.29, 1.82) is 0 Å². The number of amides is 1. The highest BCUT2D eigenvalue weighted by atomic mass is 16.5. The summed E-state index contributed by atoms with van der Waals surface area (Å²) >= 11 is 0. The monoisotopic (exact) mass is 279 g/mol. The van der Waals surface area contributed by atoms with Crippen molar-refractivity contribution in [2.75, 3.05) is 26.4 Å². The van der Waals surface area contributed by atoms with E-state index in [9.17, 15) is 4.79 Å². The second-order valence-corrected chi connectivity index (χ2v) is 5.57. The Morgan fingerprint density at radius 2 is 1.95 bits per heavy atom. The van der Waals surface area contributed by atoms with Crippen LogP contribution in [0.2, 0.25) is 0 Å². The number of carbonyl (C=O) groups is 1. The molecule has 5 heteroatoms. The average molecular weight is 279 g/mol. The summed E-state index contributed by atoms with van der Waals surface area (Å²) in [5, 5.41) is 3.15. The molecule has 0 unspecified atom stereocenters. The van der Waals surface area contributed by atoms with Gasteiger partial charge in [0.25, 0.3) is 5.91 Å². The van der Waals surface area contributed by atoms with Crippen LogP contribution in [0.3, 0.4) is 0 Å². The summed E-state index contributed by atoms with van der Waals surface area (Å²) in [7, 11) is 0. The lowest BCUT2D eigenvalue weighted by Gasteiger charge is -2.38. The molecular weight excluding hydrogens is 258 g/mol. The predicted molar refractivity (Wildman–Crippen MR) is 72.4 cm³/mol. The van der Waals surface area contributed by atoms with E-state index >= 15 is 0 Å². The quantitative estimate of drug-likeness (QED) is 0.917. The number of hydrogen-bond acceptors (Lipinski definition) is 4. The average Bonchev–Trinajstić information content (AvgIpc) is 3.03. The Bertz CT molecular complexity index is 425. The first-order chi connectivity index (χ1) is 9.84. The minimum Gasteiger partial charge on any atom is -0.472 e. The molecule has 1 aromatic heterocycles. The number of ether oxygens (including phenoxy) is 2. The molecule has 1 aromatic rings. The summed E-state index contributed by atoms with van der Waals surface area (Å²) in [6, 6.07) is 1.88. The van der Waals surface area contributed by atoms with Gasteiger partial charge in [0.15, 0.2) is 0 Å². The maximum Gasteiger partial charge on any atom is 0.254 e. The number of rotatable bonds is 3. The zero-order chi connectivity index (χ0) is 13.8. The molecule has 2 aliphatic rings. The second kappa shape index (κ2) is 6.41. The molecule has 0 radical (unpaired) electrons. The highest BCUT2D eigenvalue weighted by molar-refractivity contribution is 5.93. The van der Waals surface area contributed by atoms with Gasteiger partial charge in [0.2, 0.25) is 0 Å². The van der Waals surface area contributed by atoms with E-state index in [0.717, 1.165) is 45.7 Å². The second-order valence-electron chi connectivity index (χ2n) is 5.57. The van der Waals surface area contributed by atoms with Crippen LogP contribution in [0.4, 0.5) is 0 Å². The van der Waals surface area contributed by atoms with Gasteiger partial charge >= 0.3 is 0 Å². The standard InChI is InChI=1S/C15H21NO4/c17-15(12-3-7-19-9-12)16-14-4-8-20-10-13(14)11-1-5-18-6-2-11/h3,7,9,11,13-14H,1-2,4-6,8,10H2,(H,16,17)/t13-,14-/m0/s1. The molecule has 3 heterocycles. The molecule has 1 N–H and O–H groups in total. The first-order valence-electron chi connectivity index (χ1n) is 7.33. The Kier molecular flexibility index (Phi) is 4.38. The van der Waals surface area contributed by atoms with Gasteiger partial charge in [0, 0.05) is 31.8 Å². The van der Waals surface area contributed by atoms with Gasteiger partial charge in [-0.1, -0.05) is 0 Å². The van der Waals surface area contributed by atoms with Gasteiger partial charge in [-0.3, -0.25) is 4.79 Å². The summed E-state index contributed by atoms with van der Waals surface area (Å²) in [4.78, 5) is 12.2. The van der Waals surface area contributed by atoms with Crippen LogP contribution in [0.1, 0.15) is 29.6 Å². The predicted octanol–water partition coefficient (Wildman–Crippen LogP) is 1.84. The van der Waals surface area contributed by atoms with Crippen molar-refractivity contribution in [3.05, 3.63) is 24.2 Å². The third kappa shape index (κ3) is 3.04. The van der Waals surface area contributed by atoms with Crippen molar-refractivity contribution in [1.82, 2.24) is 5.32 Å². The van der Waals surface area contributed by atoms with Gasteiger partial charge in [-0.25, -0.2) is 0 Å². The van der Waals surface area contributed by atoms with Crippen LogP contribution in [0.25, 0.3) is 0 Å². The number of carbonyl (C=O) groups excluding carboxylic acids is 1. The van der Waals surface area contributed by atoms with Gasteiger partial charge in [0.1, 0.15) is 6.26 Å². The SMILES string of the molecule is O=C(N[C@H]1CCOC[C@H]1C1CCOCC1)c1ccoc1. The molecule has 2 aliphatic heterocycles. The van der Waals surface area contributed by atoms with Gasteiger partial charge in [0.05, 0.1) is 18.4 Å². The van der Waals surface area contributed by atoms with Crippen molar-refractivity contribution in [3.63, 3.8) is 0 Å². The fraction of sp³-hybridized carbons (Fsp3) is 0.667. The molecule has 0 aromatic carbocycles. The molecule has 3 rings (SSSR count). The number of furan rings is 1. The van der Waals surface area contributed by atoms with Crippen LogP contribution in [0.5, 0.6) is 0 Å². The zero-order valence-corrected chi connectivity index (χ0v) is 11.5. The van der Waals surface area contributed by atoms with E-state index in [1.807, 2.05) is 0 Å². The third-order valence-electron chi connectivity index (χ3n) is 4.37. The molecule has 0 spiro atoms. The minimum absolute atomic E-state index is 0.0530. The van der Waals surface area contributed by atoms with Crippen LogP contribution in [-0.4, -0.2) is 38.4 Å². The molecule has 2 atom stereocenters. The fourth-order valence-electron chi connectivity index (χ4n) is 3.19. The maximum absolute atomic E-state index is 12.2. The van der Waals surface area contributed by atoms with Gasteiger partial charge < -0.3 is 19.2 Å². The molecule has 0 bridgehead atoms. The Hall–Kier alpha value is -1.33. The van der Waals surface area contributed by atoms with E-state index in [1.54, 1.807) is 6.07 Å². The first kappa shape index (κ1) is 13.6. The summed E-state index contributed by atoms with van der Waals surface area (Å²) in [6.45, 7) is 3.10. The Balaban J connectivity index is 1.64. The molecule has 20 heavy (non-hydrogen) atoms. The molecule has 1 amide bonds.